The van der Waals surface area contributed by atoms with Crippen LogP contribution in [-0.4, -0.2) is 95.0 Å². The topological polar surface area (TPSA) is 121 Å². The highest BCUT2D eigenvalue weighted by Crippen LogP contribution is 2.61. The number of ether oxygens (including phenoxy) is 5. The summed E-state index contributed by atoms with van der Waals surface area (Å²) in [7, 11) is 0. The van der Waals surface area contributed by atoms with E-state index < -0.39 is 71.6 Å². The summed E-state index contributed by atoms with van der Waals surface area (Å²) in [5.74, 6) is 0.891. The molecule has 8 aliphatic carbocycles. The fourth-order valence-electron chi connectivity index (χ4n) is 12.1. The molecule has 64 heavy (non-hydrogen) atoms. The van der Waals surface area contributed by atoms with E-state index in [1.54, 1.807) is 0 Å². The Balaban J connectivity index is 0.000000897. The zero-order chi connectivity index (χ0) is 42.9. The zero-order valence-electron chi connectivity index (χ0n) is 35.2. The Morgan fingerprint density at radius 1 is 0.688 bits per heavy atom. The first kappa shape index (κ1) is 62.3. The molecule has 382 valence electrons. The molecule has 9 atom stereocenters. The van der Waals surface area contributed by atoms with Gasteiger partial charge in [0, 0.05) is 6.42 Å². The first-order valence-electron chi connectivity index (χ1n) is 21.7. The van der Waals surface area contributed by atoms with Crippen molar-refractivity contribution in [1.82, 2.24) is 0 Å². The van der Waals surface area contributed by atoms with Gasteiger partial charge in [0.05, 0.1) is 30.5 Å². The van der Waals surface area contributed by atoms with Gasteiger partial charge in [-0.1, -0.05) is 65.3 Å². The van der Waals surface area contributed by atoms with Crippen LogP contribution in [0.15, 0.2) is 0 Å². The van der Waals surface area contributed by atoms with Crippen LogP contribution in [0.2, 0.25) is 0 Å². The molecule has 9 nitrogen and oxygen atoms in total. The zero-order valence-corrected chi connectivity index (χ0v) is 35.2. The van der Waals surface area contributed by atoms with Gasteiger partial charge in [-0.2, -0.15) is 26.3 Å². The maximum Gasteiger partial charge on any atom is 0.404 e. The van der Waals surface area contributed by atoms with E-state index in [0.717, 1.165) is 77.0 Å². The lowest BCUT2D eigenvalue weighted by Gasteiger charge is -2.60. The van der Waals surface area contributed by atoms with Crippen molar-refractivity contribution in [2.24, 2.45) is 46.3 Å². The van der Waals surface area contributed by atoms with Gasteiger partial charge < -0.3 is 33.9 Å². The highest BCUT2D eigenvalue weighted by atomic mass is 19.4. The van der Waals surface area contributed by atoms with Crippen molar-refractivity contribution in [2.75, 3.05) is 13.2 Å². The van der Waals surface area contributed by atoms with Crippen molar-refractivity contribution in [3.8, 4) is 0 Å². The number of carbonyl (C=O) groups excluding carboxylic acids is 2. The first-order valence-corrected chi connectivity index (χ1v) is 21.7. The third-order valence-electron chi connectivity index (χ3n) is 15.9. The second-order valence-corrected chi connectivity index (χ2v) is 20.1. The Kier molecular flexibility index (Phi) is 21.6. The fraction of sp³-hybridized carbons (Fsp3) is 0.959. The minimum atomic E-state index is -4.69. The number of esters is 2. The summed E-state index contributed by atoms with van der Waals surface area (Å²) in [6.45, 7) is 10.6. The molecule has 15 heteroatoms. The first-order chi connectivity index (χ1) is 26.8. The number of alkyl halides is 6. The van der Waals surface area contributed by atoms with Crippen LogP contribution < -0.4 is 0 Å². The lowest BCUT2D eigenvalue weighted by molar-refractivity contribution is -0.253. The van der Waals surface area contributed by atoms with Gasteiger partial charge in [0.25, 0.3) is 0 Å². The van der Waals surface area contributed by atoms with Crippen LogP contribution in [0.5, 0.6) is 0 Å². The molecule has 10 aliphatic rings. The van der Waals surface area contributed by atoms with Gasteiger partial charge in [-0.3, -0.25) is 9.59 Å². The summed E-state index contributed by atoms with van der Waals surface area (Å²) in [5, 5.41) is 20.1. The Labute approximate surface area is 383 Å². The molecule has 10 fully saturated rings. The molecule has 0 aromatic rings. The minimum absolute atomic E-state index is 0. The molecule has 0 radical (unpaired) electrons. The largest absolute Gasteiger partial charge is 0.458 e. The van der Waals surface area contributed by atoms with Crippen molar-refractivity contribution in [3.63, 3.8) is 0 Å². The number of carbonyl (C=O) groups is 2. The van der Waals surface area contributed by atoms with E-state index in [2.05, 4.69) is 13.8 Å². The van der Waals surface area contributed by atoms with Crippen LogP contribution in [0.4, 0.5) is 26.3 Å². The summed E-state index contributed by atoms with van der Waals surface area (Å²) in [4.78, 5) is 24.3. The molecule has 0 aromatic carbocycles. The predicted molar refractivity (Wildman–Crippen MR) is 239 cm³/mol. The minimum Gasteiger partial charge on any atom is -0.458 e. The van der Waals surface area contributed by atoms with Crippen molar-refractivity contribution >= 4 is 11.9 Å². The molecule has 9 unspecified atom stereocenters. The van der Waals surface area contributed by atoms with Gasteiger partial charge in [-0.15, -0.1) is 0 Å². The van der Waals surface area contributed by atoms with Gasteiger partial charge in [0.1, 0.15) is 23.9 Å². The number of halogens is 6. The summed E-state index contributed by atoms with van der Waals surface area (Å²) in [6.07, 6.45) is 0.357. The van der Waals surface area contributed by atoms with E-state index in [9.17, 15) is 46.1 Å². The van der Waals surface area contributed by atoms with E-state index in [1.165, 1.54) is 39.5 Å². The summed E-state index contributed by atoms with van der Waals surface area (Å²) in [5.41, 5.74) is -6.00. The molecule has 2 heterocycles. The molecular weight excluding hydrogens is 847 g/mol. The molecule has 2 aliphatic heterocycles. The van der Waals surface area contributed by atoms with Crippen molar-refractivity contribution in [1.29, 1.82) is 0 Å². The quantitative estimate of drug-likeness (QED) is 0.172. The number of hydrogen-bond donors (Lipinski definition) is 2. The maximum absolute atomic E-state index is 13.3. The smallest absolute Gasteiger partial charge is 0.404 e. The Bertz CT molecular complexity index is 1450. The molecule has 2 N–H and O–H groups in total. The molecule has 8 bridgehead atoms. The lowest BCUT2D eigenvalue weighted by atomic mass is 9.50. The Morgan fingerprint density at radius 2 is 1.12 bits per heavy atom. The number of hydrogen-bond acceptors (Lipinski definition) is 9. The summed E-state index contributed by atoms with van der Waals surface area (Å²) < 4.78 is 106. The molecule has 2 saturated heterocycles. The molecule has 0 aromatic heterocycles. The van der Waals surface area contributed by atoms with Gasteiger partial charge in [-0.05, 0) is 147 Å². The van der Waals surface area contributed by atoms with E-state index in [1.807, 2.05) is 6.92 Å². The number of aliphatic hydroxyl groups is 2. The second kappa shape index (κ2) is 22.2. The Morgan fingerprint density at radius 3 is 1.55 bits per heavy atom. The average molecular weight is 937 g/mol. The lowest BCUT2D eigenvalue weighted by Crippen LogP contribution is -2.60. The monoisotopic (exact) mass is 937 g/mol. The number of aliphatic hydroxyl groups excluding tert-OH is 1. The van der Waals surface area contributed by atoms with Crippen molar-refractivity contribution in [3.05, 3.63) is 0 Å². The molecule has 0 spiro atoms. The SMILES string of the molecule is C.C.C.C.C.C.CCC(C)(C(=O)OC1(C)C2CC3CC(C2)CC1C3)C(F)(F)F.CCC(C)(C(=O)OC1COC2C(O)COC12)C(F)(F)F.CCC(C)OC12CC3CC(CC(O)(C3)C1)C2. The molecule has 8 saturated carbocycles. The number of rotatable bonds is 9. The normalized spacial score (nSPS) is 39.2. The second-order valence-electron chi connectivity index (χ2n) is 20.1. The third kappa shape index (κ3) is 11.8. The van der Waals surface area contributed by atoms with Crippen molar-refractivity contribution in [2.45, 2.75) is 243 Å². The fourth-order valence-corrected chi connectivity index (χ4v) is 12.1. The van der Waals surface area contributed by atoms with E-state index in [0.29, 0.717) is 17.9 Å². The maximum atomic E-state index is 13.3. The van der Waals surface area contributed by atoms with Crippen LogP contribution in [0, 0.1) is 46.3 Å². The predicted octanol–water partition coefficient (Wildman–Crippen LogP) is 12.5. The van der Waals surface area contributed by atoms with Gasteiger partial charge >= 0.3 is 24.3 Å². The van der Waals surface area contributed by atoms with E-state index in [4.69, 9.17) is 23.7 Å². The molecular formula is C49H90F6O9. The Hall–Kier alpha value is -1.68. The van der Waals surface area contributed by atoms with Crippen LogP contribution >= 0.6 is 0 Å². The van der Waals surface area contributed by atoms with E-state index >= 15 is 0 Å². The van der Waals surface area contributed by atoms with Crippen LogP contribution in [0.1, 0.15) is 183 Å². The molecule has 0 amide bonds. The van der Waals surface area contributed by atoms with Crippen LogP contribution in [0.25, 0.3) is 0 Å². The van der Waals surface area contributed by atoms with E-state index in [-0.39, 0.29) is 87.2 Å². The van der Waals surface area contributed by atoms with Gasteiger partial charge in [0.15, 0.2) is 16.9 Å². The molecule has 10 rings (SSSR count). The van der Waals surface area contributed by atoms with Gasteiger partial charge in [0.2, 0.25) is 0 Å². The van der Waals surface area contributed by atoms with Gasteiger partial charge in [-0.25, -0.2) is 0 Å². The van der Waals surface area contributed by atoms with Crippen LogP contribution in [0.3, 0.4) is 0 Å². The highest BCUT2D eigenvalue weighted by Gasteiger charge is 2.63. The number of fused-ring (bicyclic) bond motifs is 1. The van der Waals surface area contributed by atoms with Crippen molar-refractivity contribution < 1.29 is 69.8 Å². The standard InChI is InChI=1S/C17H25F3O2.C14H24O2.C12H17F3O5.6CH4/c1-4-15(2,17(18,19)20)14(21)22-16(3)12-6-10-5-11(8-12)9-13(16)7-10;1-3-10(2)16-14-7-11-4-12(8-14)6-13(15,5-11)9-14;1-3-11(2,12(13,14)15)10(17)20-7-5-19-8-6(16)4-18-9(7)8;;;;;;/h10-13H,4-9H2,1-3H3;10-12,15H,3-9H2,1-2H3;6-9,16H,3-5H2,1-2H3;6*1H4. The summed E-state index contributed by atoms with van der Waals surface area (Å²) >= 11 is 0. The van der Waals surface area contributed by atoms with Crippen LogP contribution in [-0.2, 0) is 33.3 Å². The third-order valence-corrected chi connectivity index (χ3v) is 15.9. The average Bonchev–Trinajstić information content (AvgIpc) is 3.69. The summed E-state index contributed by atoms with van der Waals surface area (Å²) in [6, 6.07) is 0. The highest BCUT2D eigenvalue weighted by molar-refractivity contribution is 5.78.